The van der Waals surface area contributed by atoms with E-state index in [9.17, 15) is 4.79 Å². The standard InChI is InChI=1S/C26H23N3O2/c1-31-19-6-4-18(5-7-19)29-24-22(17-8-13-27-14-9-17)21-16-28-15-10-20(21)23(24)26(25(29)30)11-2-3-12-26/h4-10,13-16,28H,2-3,11-12H2,1H3. The van der Waals surface area contributed by atoms with Crippen LogP contribution in [0, 0.1) is 0 Å². The molecule has 1 saturated carbocycles. The Morgan fingerprint density at radius 1 is 1.00 bits per heavy atom. The zero-order valence-electron chi connectivity index (χ0n) is 17.4. The quantitative estimate of drug-likeness (QED) is 0.474. The number of methoxy groups -OCH3 is 1. The molecule has 4 aliphatic rings. The maximum absolute atomic E-state index is 14.1. The lowest BCUT2D eigenvalue weighted by atomic mass is 9.79. The maximum Gasteiger partial charge on any atom is 0.242 e. The number of ether oxygens (including phenoxy) is 1. The van der Waals surface area contributed by atoms with Gasteiger partial charge in [-0.3, -0.25) is 14.7 Å². The number of rotatable bonds is 3. The number of fused-ring (bicyclic) bond motifs is 4. The van der Waals surface area contributed by atoms with Gasteiger partial charge in [-0.15, -0.1) is 0 Å². The SMILES string of the molecule is COc1ccc(N2C(=O)C3(CCCC3)c3c4cc[nH]cc-4c(-c4ccncc4)c32)cc1. The number of carbonyl (C=O) groups excluding carboxylic acids is 1. The number of aromatic nitrogens is 2. The molecule has 1 spiro atoms. The van der Waals surface area contributed by atoms with Crippen molar-refractivity contribution < 1.29 is 9.53 Å². The van der Waals surface area contributed by atoms with Gasteiger partial charge in [0.05, 0.1) is 18.2 Å². The van der Waals surface area contributed by atoms with E-state index in [4.69, 9.17) is 4.74 Å². The fourth-order valence-electron chi connectivity index (χ4n) is 5.60. The van der Waals surface area contributed by atoms with Crippen LogP contribution in [0.4, 0.5) is 11.4 Å². The van der Waals surface area contributed by atoms with Crippen LogP contribution in [0.5, 0.6) is 5.75 Å². The zero-order chi connectivity index (χ0) is 21.0. The molecule has 0 bridgehead atoms. The zero-order valence-corrected chi connectivity index (χ0v) is 17.4. The van der Waals surface area contributed by atoms with Gasteiger partial charge in [-0.05, 0) is 66.4 Å². The van der Waals surface area contributed by atoms with Gasteiger partial charge in [0, 0.05) is 47.2 Å². The number of aromatic amines is 1. The second-order valence-electron chi connectivity index (χ2n) is 8.43. The van der Waals surface area contributed by atoms with Crippen molar-refractivity contribution in [1.82, 2.24) is 9.97 Å². The highest BCUT2D eigenvalue weighted by atomic mass is 16.5. The highest BCUT2D eigenvalue weighted by Crippen LogP contribution is 2.62. The number of anilines is 2. The van der Waals surface area contributed by atoms with E-state index in [1.807, 2.05) is 59.9 Å². The van der Waals surface area contributed by atoms with Crippen LogP contribution < -0.4 is 9.64 Å². The maximum atomic E-state index is 14.1. The molecule has 2 aromatic rings. The highest BCUT2D eigenvalue weighted by molar-refractivity contribution is 6.21. The predicted octanol–water partition coefficient (Wildman–Crippen LogP) is 5.68. The largest absolute Gasteiger partial charge is 0.497 e. The number of pyridine rings is 2. The van der Waals surface area contributed by atoms with Gasteiger partial charge in [-0.2, -0.15) is 0 Å². The van der Waals surface area contributed by atoms with Crippen LogP contribution in [0.3, 0.4) is 0 Å². The lowest BCUT2D eigenvalue weighted by Crippen LogP contribution is -2.36. The molecule has 0 unspecified atom stereocenters. The molecule has 5 heteroatoms. The third-order valence-corrected chi connectivity index (χ3v) is 6.95. The fourth-order valence-corrected chi connectivity index (χ4v) is 5.60. The average molecular weight is 409 g/mol. The number of nitrogens with zero attached hydrogens (tertiary/aromatic N) is 2. The van der Waals surface area contributed by atoms with Crippen LogP contribution >= 0.6 is 0 Å². The van der Waals surface area contributed by atoms with Crippen molar-refractivity contribution in [2.45, 2.75) is 31.1 Å². The van der Waals surface area contributed by atoms with Gasteiger partial charge in [-0.25, -0.2) is 0 Å². The van der Waals surface area contributed by atoms with Gasteiger partial charge in [0.15, 0.2) is 0 Å². The van der Waals surface area contributed by atoms with E-state index in [1.54, 1.807) is 7.11 Å². The van der Waals surface area contributed by atoms with Gasteiger partial charge < -0.3 is 9.72 Å². The number of carbonyl (C=O) groups is 1. The first-order valence-electron chi connectivity index (χ1n) is 10.8. The van der Waals surface area contributed by atoms with Crippen molar-refractivity contribution in [1.29, 1.82) is 0 Å². The van der Waals surface area contributed by atoms with Crippen molar-refractivity contribution in [3.05, 3.63) is 72.8 Å². The Morgan fingerprint density at radius 2 is 1.74 bits per heavy atom. The molecule has 1 N–H and O–H groups in total. The molecule has 6 rings (SSSR count). The van der Waals surface area contributed by atoms with Crippen molar-refractivity contribution in [2.75, 3.05) is 12.0 Å². The van der Waals surface area contributed by atoms with Crippen LogP contribution in [0.1, 0.15) is 31.2 Å². The van der Waals surface area contributed by atoms with E-state index >= 15 is 0 Å². The Kier molecular flexibility index (Phi) is 3.93. The minimum absolute atomic E-state index is 0.199. The third kappa shape index (κ3) is 2.43. The summed E-state index contributed by atoms with van der Waals surface area (Å²) in [4.78, 5) is 23.5. The molecule has 1 amide bonds. The Balaban J connectivity index is 1.69. The van der Waals surface area contributed by atoms with Gasteiger partial charge >= 0.3 is 0 Å². The molecule has 1 fully saturated rings. The van der Waals surface area contributed by atoms with E-state index in [2.05, 4.69) is 22.2 Å². The van der Waals surface area contributed by atoms with Crippen LogP contribution in [0.2, 0.25) is 0 Å². The summed E-state index contributed by atoms with van der Waals surface area (Å²) in [5.74, 6) is 0.980. The first-order valence-corrected chi connectivity index (χ1v) is 10.8. The number of nitrogens with one attached hydrogen (secondary N) is 1. The van der Waals surface area contributed by atoms with Gasteiger partial charge in [0.25, 0.3) is 0 Å². The molecule has 3 heterocycles. The Bertz CT molecular complexity index is 1240. The second-order valence-corrected chi connectivity index (χ2v) is 8.43. The van der Waals surface area contributed by atoms with Crippen LogP contribution in [0.25, 0.3) is 22.3 Å². The molecule has 2 aliphatic carbocycles. The highest BCUT2D eigenvalue weighted by Gasteiger charge is 2.56. The number of benzene rings is 1. The van der Waals surface area contributed by atoms with Crippen molar-refractivity contribution in [2.24, 2.45) is 0 Å². The van der Waals surface area contributed by atoms with Gasteiger partial charge in [-0.1, -0.05) is 12.8 Å². The molecular formula is C26H23N3O2. The van der Waals surface area contributed by atoms with Crippen LogP contribution in [-0.4, -0.2) is 23.0 Å². The average Bonchev–Trinajstić information content (AvgIpc) is 3.50. The van der Waals surface area contributed by atoms with E-state index in [1.165, 1.54) is 11.1 Å². The predicted molar refractivity (Wildman–Crippen MR) is 121 cm³/mol. The molecule has 154 valence electrons. The number of hydrogen-bond donors (Lipinski definition) is 1. The van der Waals surface area contributed by atoms with E-state index < -0.39 is 5.41 Å². The van der Waals surface area contributed by atoms with Crippen molar-refractivity contribution in [3.8, 4) is 28.0 Å². The van der Waals surface area contributed by atoms with Gasteiger partial charge in [0.2, 0.25) is 5.91 Å². The first kappa shape index (κ1) is 18.2. The van der Waals surface area contributed by atoms with Crippen molar-refractivity contribution >= 4 is 17.3 Å². The Labute approximate surface area is 181 Å². The summed E-state index contributed by atoms with van der Waals surface area (Å²) >= 11 is 0. The fraction of sp³-hybridized carbons (Fsp3) is 0.231. The van der Waals surface area contributed by atoms with E-state index in [0.717, 1.165) is 59.5 Å². The molecule has 0 saturated heterocycles. The smallest absolute Gasteiger partial charge is 0.242 e. The lowest BCUT2D eigenvalue weighted by molar-refractivity contribution is -0.122. The monoisotopic (exact) mass is 409 g/mol. The summed E-state index contributed by atoms with van der Waals surface area (Å²) in [5, 5.41) is 0. The first-order chi connectivity index (χ1) is 15.2. The van der Waals surface area contributed by atoms with Crippen molar-refractivity contribution in [3.63, 3.8) is 0 Å². The van der Waals surface area contributed by atoms with E-state index in [-0.39, 0.29) is 5.91 Å². The topological polar surface area (TPSA) is 58.2 Å². The molecule has 0 atom stereocenters. The molecule has 2 aliphatic heterocycles. The molecule has 1 aromatic heterocycles. The van der Waals surface area contributed by atoms with E-state index in [0.29, 0.717) is 0 Å². The molecule has 31 heavy (non-hydrogen) atoms. The number of H-pyrrole nitrogens is 1. The van der Waals surface area contributed by atoms with Crippen LogP contribution in [0.15, 0.2) is 67.3 Å². The number of amides is 1. The molecular weight excluding hydrogens is 386 g/mol. The van der Waals surface area contributed by atoms with Gasteiger partial charge in [0.1, 0.15) is 5.75 Å². The minimum Gasteiger partial charge on any atom is -0.497 e. The summed E-state index contributed by atoms with van der Waals surface area (Å²) < 4.78 is 5.35. The molecule has 0 radical (unpaired) electrons. The Hall–Kier alpha value is -3.60. The molecule has 5 nitrogen and oxygen atoms in total. The second kappa shape index (κ2) is 6.71. The Morgan fingerprint density at radius 3 is 2.45 bits per heavy atom. The summed E-state index contributed by atoms with van der Waals surface area (Å²) in [7, 11) is 1.66. The summed E-state index contributed by atoms with van der Waals surface area (Å²) in [6.07, 6.45) is 11.6. The van der Waals surface area contributed by atoms with Crippen LogP contribution in [-0.2, 0) is 10.2 Å². The third-order valence-electron chi connectivity index (χ3n) is 6.95. The summed E-state index contributed by atoms with van der Waals surface area (Å²) in [6.45, 7) is 0. The lowest BCUT2D eigenvalue weighted by Gasteiger charge is -2.26. The minimum atomic E-state index is -0.444. The normalized spacial score (nSPS) is 16.9. The molecule has 1 aromatic carbocycles. The summed E-state index contributed by atoms with van der Waals surface area (Å²) in [6, 6.07) is 14.0. The number of hydrogen-bond acceptors (Lipinski definition) is 3. The summed E-state index contributed by atoms with van der Waals surface area (Å²) in [5.41, 5.74) is 7.15.